The molecule has 4 aromatic rings. The molecule has 6 nitrogen and oxygen atoms in total. The Bertz CT molecular complexity index is 1360. The third-order valence-corrected chi connectivity index (χ3v) is 6.41. The fourth-order valence-corrected chi connectivity index (χ4v) is 4.34. The molecule has 4 rings (SSSR count). The Hall–Kier alpha value is -3.97. The van der Waals surface area contributed by atoms with E-state index in [2.05, 4.69) is 36.3 Å². The topological polar surface area (TPSA) is 75.5 Å². The van der Waals surface area contributed by atoms with Gasteiger partial charge in [0.05, 0.1) is 18.7 Å². The van der Waals surface area contributed by atoms with Crippen LogP contribution in [0.15, 0.2) is 101 Å². The summed E-state index contributed by atoms with van der Waals surface area (Å²) in [6, 6.07) is 28.0. The summed E-state index contributed by atoms with van der Waals surface area (Å²) in [5.41, 5.74) is 8.04. The third-order valence-electron chi connectivity index (χ3n) is 5.88. The highest BCUT2D eigenvalue weighted by molar-refractivity contribution is 9.10. The van der Waals surface area contributed by atoms with E-state index in [1.807, 2.05) is 92.7 Å². The first-order chi connectivity index (χ1) is 17.4. The predicted octanol–water partition coefficient (Wildman–Crippen LogP) is 5.87. The lowest BCUT2D eigenvalue weighted by atomic mass is 10.0. The lowest BCUT2D eigenvalue weighted by Crippen LogP contribution is -2.32. The van der Waals surface area contributed by atoms with Gasteiger partial charge in [-0.2, -0.15) is 5.10 Å². The summed E-state index contributed by atoms with van der Waals surface area (Å²) in [5.74, 6) is -0.531. The second-order valence-electron chi connectivity index (χ2n) is 8.44. The molecule has 0 saturated heterocycles. The number of aromatic nitrogens is 1. The van der Waals surface area contributed by atoms with E-state index < -0.39 is 6.04 Å². The summed E-state index contributed by atoms with van der Waals surface area (Å²) in [6.07, 6.45) is 1.70. The van der Waals surface area contributed by atoms with Crippen molar-refractivity contribution in [2.75, 3.05) is 0 Å². The normalized spacial score (nSPS) is 11.9. The maximum atomic E-state index is 12.8. The van der Waals surface area contributed by atoms with Crippen molar-refractivity contribution >= 4 is 34.0 Å². The molecule has 0 aliphatic heterocycles. The summed E-state index contributed by atoms with van der Waals surface area (Å²) < 4.78 is 3.16. The van der Waals surface area contributed by atoms with Gasteiger partial charge in [0.1, 0.15) is 0 Å². The van der Waals surface area contributed by atoms with E-state index in [1.54, 1.807) is 18.3 Å². The van der Waals surface area contributed by atoms with E-state index >= 15 is 0 Å². The molecule has 0 aliphatic carbocycles. The molecule has 2 amide bonds. The van der Waals surface area contributed by atoms with Crippen molar-refractivity contribution in [1.29, 1.82) is 0 Å². The van der Waals surface area contributed by atoms with Crippen LogP contribution in [-0.2, 0) is 4.79 Å². The number of amides is 2. The number of carbonyl (C=O) groups excluding carboxylic acids is 2. The van der Waals surface area contributed by atoms with Crippen LogP contribution in [0.2, 0.25) is 0 Å². The van der Waals surface area contributed by atoms with Crippen molar-refractivity contribution in [1.82, 2.24) is 15.3 Å². The van der Waals surface area contributed by atoms with Gasteiger partial charge in [0.15, 0.2) is 0 Å². The minimum absolute atomic E-state index is 0.0534. The Labute approximate surface area is 219 Å². The number of hydrogen-bond acceptors (Lipinski definition) is 3. The molecule has 1 heterocycles. The van der Waals surface area contributed by atoms with Crippen molar-refractivity contribution in [2.24, 2.45) is 5.10 Å². The highest BCUT2D eigenvalue weighted by Crippen LogP contribution is 2.22. The smallest absolute Gasteiger partial charge is 0.251 e. The van der Waals surface area contributed by atoms with E-state index in [1.165, 1.54) is 0 Å². The van der Waals surface area contributed by atoms with E-state index in [0.717, 1.165) is 32.7 Å². The Balaban J connectivity index is 1.44. The maximum absolute atomic E-state index is 12.8. The number of nitrogens with one attached hydrogen (secondary N) is 2. The minimum atomic E-state index is -0.489. The third kappa shape index (κ3) is 6.17. The second-order valence-corrected chi connectivity index (χ2v) is 9.35. The van der Waals surface area contributed by atoms with Crippen LogP contribution in [0.4, 0.5) is 0 Å². The summed E-state index contributed by atoms with van der Waals surface area (Å²) in [6.45, 7) is 4.05. The second kappa shape index (κ2) is 11.6. The lowest BCUT2D eigenvalue weighted by molar-refractivity contribution is -0.121. The van der Waals surface area contributed by atoms with E-state index in [4.69, 9.17) is 0 Å². The van der Waals surface area contributed by atoms with E-state index in [0.29, 0.717) is 5.56 Å². The standard InChI is InChI=1S/C29H27BrN4O2/c1-20-17-24(21(2)34(20)26-15-13-25(30)14-16-26)19-31-33-28(35)18-27(22-9-5-3-6-10-22)32-29(36)23-11-7-4-8-12-23/h3-17,19,27H,18H2,1-2H3,(H,32,36)(H,33,35)/b31-19-/t27-/m0/s1. The number of rotatable bonds is 8. The van der Waals surface area contributed by atoms with Gasteiger partial charge in [0.25, 0.3) is 5.91 Å². The first kappa shape index (κ1) is 25.1. The van der Waals surface area contributed by atoms with Crippen LogP contribution in [-0.4, -0.2) is 22.6 Å². The number of hydrazone groups is 1. The number of benzene rings is 3. The number of nitrogens with zero attached hydrogens (tertiary/aromatic N) is 2. The molecule has 1 aromatic heterocycles. The SMILES string of the molecule is Cc1cc(/C=N\NC(=O)C[C@H](NC(=O)c2ccccc2)c2ccccc2)c(C)n1-c1ccc(Br)cc1. The number of aryl methyl sites for hydroxylation is 1. The van der Waals surface area contributed by atoms with Gasteiger partial charge < -0.3 is 9.88 Å². The summed E-state index contributed by atoms with van der Waals surface area (Å²) in [7, 11) is 0. The number of halogens is 1. The quantitative estimate of drug-likeness (QED) is 0.216. The fraction of sp³-hybridized carbons (Fsp3) is 0.138. The van der Waals surface area contributed by atoms with Crippen molar-refractivity contribution in [2.45, 2.75) is 26.3 Å². The van der Waals surface area contributed by atoms with Crippen molar-refractivity contribution in [3.63, 3.8) is 0 Å². The van der Waals surface area contributed by atoms with Crippen molar-refractivity contribution < 1.29 is 9.59 Å². The molecule has 36 heavy (non-hydrogen) atoms. The molecule has 2 N–H and O–H groups in total. The predicted molar refractivity (Wildman–Crippen MR) is 146 cm³/mol. The maximum Gasteiger partial charge on any atom is 0.251 e. The highest BCUT2D eigenvalue weighted by atomic mass is 79.9. The zero-order valence-electron chi connectivity index (χ0n) is 20.1. The van der Waals surface area contributed by atoms with E-state index in [-0.39, 0.29) is 18.2 Å². The Morgan fingerprint density at radius 3 is 2.25 bits per heavy atom. The Morgan fingerprint density at radius 1 is 0.944 bits per heavy atom. The van der Waals surface area contributed by atoms with Crippen LogP contribution >= 0.6 is 15.9 Å². The molecule has 0 unspecified atom stereocenters. The van der Waals surface area contributed by atoms with Gasteiger partial charge in [-0.3, -0.25) is 9.59 Å². The molecule has 0 radical (unpaired) electrons. The molecule has 1 atom stereocenters. The van der Waals surface area contributed by atoms with Gasteiger partial charge in [0, 0.05) is 32.7 Å². The zero-order valence-corrected chi connectivity index (χ0v) is 21.7. The van der Waals surface area contributed by atoms with Gasteiger partial charge in [0.2, 0.25) is 5.91 Å². The molecule has 0 aliphatic rings. The van der Waals surface area contributed by atoms with Crippen molar-refractivity contribution in [3.8, 4) is 5.69 Å². The number of carbonyl (C=O) groups is 2. The molecule has 182 valence electrons. The van der Waals surface area contributed by atoms with Gasteiger partial charge in [-0.15, -0.1) is 0 Å². The van der Waals surface area contributed by atoms with Gasteiger partial charge in [-0.1, -0.05) is 64.5 Å². The van der Waals surface area contributed by atoms with Crippen LogP contribution in [0.25, 0.3) is 5.69 Å². The van der Waals surface area contributed by atoms with Crippen molar-refractivity contribution in [3.05, 3.63) is 124 Å². The average molecular weight is 543 g/mol. The molecular formula is C29H27BrN4O2. The Morgan fingerprint density at radius 2 is 1.58 bits per heavy atom. The molecule has 7 heteroatoms. The highest BCUT2D eigenvalue weighted by Gasteiger charge is 2.19. The first-order valence-electron chi connectivity index (χ1n) is 11.6. The van der Waals surface area contributed by atoms with Gasteiger partial charge in [-0.05, 0) is 61.9 Å². The van der Waals surface area contributed by atoms with Gasteiger partial charge >= 0.3 is 0 Å². The monoisotopic (exact) mass is 542 g/mol. The molecule has 0 spiro atoms. The fourth-order valence-electron chi connectivity index (χ4n) is 4.08. The molecule has 3 aromatic carbocycles. The molecule has 0 fully saturated rings. The van der Waals surface area contributed by atoms with E-state index in [9.17, 15) is 9.59 Å². The summed E-state index contributed by atoms with van der Waals surface area (Å²) in [4.78, 5) is 25.5. The van der Waals surface area contributed by atoms with Crippen LogP contribution in [0.1, 0.15) is 45.3 Å². The molecular weight excluding hydrogens is 516 g/mol. The Kier molecular flexibility index (Phi) is 8.13. The molecule has 0 bridgehead atoms. The largest absolute Gasteiger partial charge is 0.345 e. The van der Waals surface area contributed by atoms with Crippen LogP contribution < -0.4 is 10.7 Å². The zero-order chi connectivity index (χ0) is 25.5. The van der Waals surface area contributed by atoms with Crippen LogP contribution in [0, 0.1) is 13.8 Å². The lowest BCUT2D eigenvalue weighted by Gasteiger charge is -2.18. The minimum Gasteiger partial charge on any atom is -0.345 e. The summed E-state index contributed by atoms with van der Waals surface area (Å²) >= 11 is 3.47. The van der Waals surface area contributed by atoms with Crippen LogP contribution in [0.5, 0.6) is 0 Å². The van der Waals surface area contributed by atoms with Crippen LogP contribution in [0.3, 0.4) is 0 Å². The molecule has 0 saturated carbocycles. The first-order valence-corrected chi connectivity index (χ1v) is 12.4. The summed E-state index contributed by atoms with van der Waals surface area (Å²) in [5, 5.41) is 7.16. The number of hydrogen-bond donors (Lipinski definition) is 2. The van der Waals surface area contributed by atoms with Gasteiger partial charge in [-0.25, -0.2) is 5.43 Å². The average Bonchev–Trinajstić information content (AvgIpc) is 3.17.